The van der Waals surface area contributed by atoms with Crippen molar-refractivity contribution < 1.29 is 9.13 Å². The Labute approximate surface area is 163 Å². The third kappa shape index (κ3) is 3.52. The minimum Gasteiger partial charge on any atom is -0.488 e. The highest BCUT2D eigenvalue weighted by Gasteiger charge is 2.25. The Morgan fingerprint density at radius 3 is 2.79 bits per heavy atom. The molecule has 1 fully saturated rings. The van der Waals surface area contributed by atoms with E-state index in [1.165, 1.54) is 6.07 Å². The van der Waals surface area contributed by atoms with Gasteiger partial charge in [-0.1, -0.05) is 0 Å². The Bertz CT molecular complexity index is 986. The van der Waals surface area contributed by atoms with E-state index in [4.69, 9.17) is 4.74 Å². The lowest BCUT2D eigenvalue weighted by Crippen LogP contribution is -2.31. The van der Waals surface area contributed by atoms with E-state index in [0.29, 0.717) is 22.9 Å². The van der Waals surface area contributed by atoms with Crippen LogP contribution in [0.4, 0.5) is 10.2 Å². The van der Waals surface area contributed by atoms with Gasteiger partial charge in [0.15, 0.2) is 11.6 Å². The van der Waals surface area contributed by atoms with E-state index < -0.39 is 5.82 Å². The zero-order valence-corrected chi connectivity index (χ0v) is 16.6. The fraction of sp³-hybridized carbons (Fsp3) is 0.450. The van der Waals surface area contributed by atoms with E-state index in [1.54, 1.807) is 12.4 Å². The highest BCUT2D eigenvalue weighted by atomic mass is 19.1. The molecular weight excluding hydrogens is 359 g/mol. The Kier molecular flexibility index (Phi) is 4.89. The molecule has 1 aliphatic rings. The average molecular weight is 384 g/mol. The molecular formula is C20H25FN6O. The number of rotatable bonds is 5. The van der Waals surface area contributed by atoms with Gasteiger partial charge in [0.2, 0.25) is 0 Å². The first kappa shape index (κ1) is 18.6. The molecule has 1 N–H and O–H groups in total. The molecule has 0 amide bonds. The maximum absolute atomic E-state index is 14.3. The van der Waals surface area contributed by atoms with Crippen LogP contribution in [-0.2, 0) is 0 Å². The third-order valence-electron chi connectivity index (χ3n) is 5.09. The topological polar surface area (TPSA) is 70.2 Å². The molecule has 7 nitrogen and oxygen atoms in total. The second-order valence-electron chi connectivity index (χ2n) is 7.68. The zero-order chi connectivity index (χ0) is 19.8. The number of aromatic nitrogens is 4. The quantitative estimate of drug-likeness (QED) is 0.729. The molecule has 3 heterocycles. The first-order valence-corrected chi connectivity index (χ1v) is 9.50. The average Bonchev–Trinajstić information content (AvgIpc) is 3.29. The predicted octanol–water partition coefficient (Wildman–Crippen LogP) is 3.09. The summed E-state index contributed by atoms with van der Waals surface area (Å²) >= 11 is 0. The fourth-order valence-corrected chi connectivity index (χ4v) is 3.58. The van der Waals surface area contributed by atoms with Gasteiger partial charge in [0.25, 0.3) is 0 Å². The summed E-state index contributed by atoms with van der Waals surface area (Å²) in [6.07, 6.45) is 2.54. The van der Waals surface area contributed by atoms with E-state index in [1.807, 2.05) is 19.9 Å². The normalized spacial score (nSPS) is 17.2. The maximum atomic E-state index is 14.3. The molecule has 0 radical (unpaired) electrons. The van der Waals surface area contributed by atoms with Crippen LogP contribution in [0.5, 0.6) is 5.75 Å². The van der Waals surface area contributed by atoms with E-state index >= 15 is 0 Å². The van der Waals surface area contributed by atoms with E-state index in [0.717, 1.165) is 30.7 Å². The van der Waals surface area contributed by atoms with Crippen molar-refractivity contribution in [3.05, 3.63) is 30.3 Å². The molecule has 0 unspecified atom stereocenters. The molecule has 0 aliphatic carbocycles. The van der Waals surface area contributed by atoms with Crippen molar-refractivity contribution in [2.75, 3.05) is 32.1 Å². The monoisotopic (exact) mass is 384 g/mol. The summed E-state index contributed by atoms with van der Waals surface area (Å²) in [4.78, 5) is 13.4. The van der Waals surface area contributed by atoms with Crippen LogP contribution in [0.15, 0.2) is 24.5 Å². The molecule has 0 spiro atoms. The molecule has 2 aromatic heterocycles. The second kappa shape index (κ2) is 7.35. The van der Waals surface area contributed by atoms with Gasteiger partial charge in [0.05, 0.1) is 17.3 Å². The summed E-state index contributed by atoms with van der Waals surface area (Å²) in [6, 6.07) is 5.56. The zero-order valence-electron chi connectivity index (χ0n) is 16.6. The molecule has 8 heteroatoms. The highest BCUT2D eigenvalue weighted by molar-refractivity contribution is 5.93. The minimum atomic E-state index is -0.411. The number of aromatic amines is 1. The van der Waals surface area contributed by atoms with Crippen LogP contribution in [0.2, 0.25) is 0 Å². The molecule has 1 aliphatic heterocycles. The Balaban J connectivity index is 1.69. The van der Waals surface area contributed by atoms with Crippen molar-refractivity contribution >= 4 is 16.7 Å². The van der Waals surface area contributed by atoms with Crippen molar-refractivity contribution in [2.45, 2.75) is 32.4 Å². The summed E-state index contributed by atoms with van der Waals surface area (Å²) in [6.45, 7) is 5.63. The molecule has 4 rings (SSSR count). The number of hydrogen-bond acceptors (Lipinski definition) is 6. The van der Waals surface area contributed by atoms with Crippen LogP contribution in [0.3, 0.4) is 0 Å². The van der Waals surface area contributed by atoms with Crippen LogP contribution in [-0.4, -0.2) is 64.4 Å². The van der Waals surface area contributed by atoms with E-state index in [9.17, 15) is 4.39 Å². The lowest BCUT2D eigenvalue weighted by Gasteiger charge is -2.21. The van der Waals surface area contributed by atoms with Crippen molar-refractivity contribution in [3.63, 3.8) is 0 Å². The van der Waals surface area contributed by atoms with Crippen molar-refractivity contribution in [1.82, 2.24) is 25.1 Å². The van der Waals surface area contributed by atoms with Gasteiger partial charge in [0.1, 0.15) is 17.8 Å². The number of fused-ring (bicyclic) bond motifs is 1. The first-order valence-electron chi connectivity index (χ1n) is 9.50. The largest absolute Gasteiger partial charge is 0.488 e. The van der Waals surface area contributed by atoms with Crippen LogP contribution >= 0.6 is 0 Å². The standard InChI is InChI=1S/C20H25FN6O/c1-12(2)28-18-7-14-16(8-15(18)21)24-25-20(14)17-9-19(23-11-22-17)27-6-5-13(10-27)26(3)4/h7-9,11-13H,5-6,10H2,1-4H3,(H,24,25)/t13-/m0/s1. The number of benzene rings is 1. The lowest BCUT2D eigenvalue weighted by atomic mass is 10.1. The van der Waals surface area contributed by atoms with Gasteiger partial charge < -0.3 is 14.5 Å². The molecule has 3 aromatic rings. The molecule has 28 heavy (non-hydrogen) atoms. The molecule has 1 aromatic carbocycles. The van der Waals surface area contributed by atoms with Gasteiger partial charge in [0, 0.05) is 36.7 Å². The lowest BCUT2D eigenvalue weighted by molar-refractivity contribution is 0.231. The van der Waals surface area contributed by atoms with Gasteiger partial charge in [-0.25, -0.2) is 14.4 Å². The van der Waals surface area contributed by atoms with Gasteiger partial charge in [-0.2, -0.15) is 5.10 Å². The van der Waals surface area contributed by atoms with Crippen LogP contribution in [0.25, 0.3) is 22.3 Å². The molecule has 0 saturated carbocycles. The Morgan fingerprint density at radius 2 is 2.07 bits per heavy atom. The summed E-state index contributed by atoms with van der Waals surface area (Å²) < 4.78 is 19.8. The number of H-pyrrole nitrogens is 1. The maximum Gasteiger partial charge on any atom is 0.167 e. The number of hydrogen-bond donors (Lipinski definition) is 1. The van der Waals surface area contributed by atoms with Gasteiger partial charge in [-0.3, -0.25) is 5.10 Å². The Hall–Kier alpha value is -2.74. The SMILES string of the molecule is CC(C)Oc1cc2c(-c3cc(N4CC[C@H](N(C)C)C4)ncn3)n[nH]c2cc1F. The summed E-state index contributed by atoms with van der Waals surface area (Å²) in [7, 11) is 4.21. The molecule has 1 saturated heterocycles. The van der Waals surface area contributed by atoms with E-state index in [2.05, 4.69) is 44.1 Å². The van der Waals surface area contributed by atoms with Gasteiger partial charge >= 0.3 is 0 Å². The summed E-state index contributed by atoms with van der Waals surface area (Å²) in [5.74, 6) is 0.686. The van der Waals surface area contributed by atoms with Gasteiger partial charge in [-0.05, 0) is 40.4 Å². The summed E-state index contributed by atoms with van der Waals surface area (Å²) in [5.41, 5.74) is 1.97. The van der Waals surface area contributed by atoms with Crippen molar-refractivity contribution in [1.29, 1.82) is 0 Å². The number of halogens is 1. The number of likely N-dealkylation sites (N-methyl/N-ethyl adjacent to an activating group) is 1. The summed E-state index contributed by atoms with van der Waals surface area (Å²) in [5, 5.41) is 8.04. The smallest absolute Gasteiger partial charge is 0.167 e. The molecule has 148 valence electrons. The number of anilines is 1. The third-order valence-corrected chi connectivity index (χ3v) is 5.09. The predicted molar refractivity (Wildman–Crippen MR) is 107 cm³/mol. The van der Waals surface area contributed by atoms with Crippen molar-refractivity contribution in [3.8, 4) is 17.1 Å². The number of nitrogens with zero attached hydrogens (tertiary/aromatic N) is 5. The first-order chi connectivity index (χ1) is 13.4. The van der Waals surface area contributed by atoms with Crippen LogP contribution in [0.1, 0.15) is 20.3 Å². The number of nitrogens with one attached hydrogen (secondary N) is 1. The second-order valence-corrected chi connectivity index (χ2v) is 7.68. The fourth-order valence-electron chi connectivity index (χ4n) is 3.58. The molecule has 1 atom stereocenters. The van der Waals surface area contributed by atoms with E-state index in [-0.39, 0.29) is 11.9 Å². The highest BCUT2D eigenvalue weighted by Crippen LogP contribution is 2.32. The number of ether oxygens (including phenoxy) is 1. The van der Waals surface area contributed by atoms with Crippen LogP contribution in [0, 0.1) is 5.82 Å². The van der Waals surface area contributed by atoms with Gasteiger partial charge in [-0.15, -0.1) is 0 Å². The minimum absolute atomic E-state index is 0.118. The Morgan fingerprint density at radius 1 is 1.25 bits per heavy atom. The van der Waals surface area contributed by atoms with Crippen molar-refractivity contribution in [2.24, 2.45) is 0 Å². The molecule has 0 bridgehead atoms. The van der Waals surface area contributed by atoms with Crippen LogP contribution < -0.4 is 9.64 Å².